The van der Waals surface area contributed by atoms with Crippen LogP contribution >= 0.6 is 11.6 Å². The monoisotopic (exact) mass is 362 g/mol. The first kappa shape index (κ1) is 17.4. The Morgan fingerprint density at radius 1 is 1.36 bits per heavy atom. The Morgan fingerprint density at radius 2 is 2.12 bits per heavy atom. The molecule has 1 atom stereocenters. The van der Waals surface area contributed by atoms with Crippen LogP contribution in [0.2, 0.25) is 5.02 Å². The van der Waals surface area contributed by atoms with Gasteiger partial charge in [-0.1, -0.05) is 30.0 Å². The molecule has 25 heavy (non-hydrogen) atoms. The summed E-state index contributed by atoms with van der Waals surface area (Å²) in [4.78, 5) is 25.7. The molecule has 0 saturated carbocycles. The van der Waals surface area contributed by atoms with Crippen LogP contribution in [0.25, 0.3) is 0 Å². The van der Waals surface area contributed by atoms with E-state index in [0.717, 1.165) is 18.5 Å². The van der Waals surface area contributed by atoms with Gasteiger partial charge in [0.05, 0.1) is 5.92 Å². The zero-order chi connectivity index (χ0) is 17.8. The average molecular weight is 363 g/mol. The summed E-state index contributed by atoms with van der Waals surface area (Å²) in [5.74, 6) is -0.00558. The fourth-order valence-electron chi connectivity index (χ4n) is 2.71. The predicted molar refractivity (Wildman–Crippen MR) is 93.6 cm³/mol. The Kier molecular flexibility index (Phi) is 5.33. The highest BCUT2D eigenvalue weighted by atomic mass is 35.5. The lowest BCUT2D eigenvalue weighted by atomic mass is 10.1. The molecule has 3 rings (SSSR count). The molecule has 0 spiro atoms. The predicted octanol–water partition coefficient (Wildman–Crippen LogP) is 3.37. The third kappa shape index (κ3) is 4.17. The van der Waals surface area contributed by atoms with Crippen molar-refractivity contribution in [3.63, 3.8) is 0 Å². The highest BCUT2D eigenvalue weighted by Gasteiger charge is 2.35. The molecule has 0 unspecified atom stereocenters. The number of anilines is 2. The number of nitrogens with zero attached hydrogens (tertiary/aromatic N) is 3. The Hall–Kier alpha value is -2.41. The third-order valence-electron chi connectivity index (χ3n) is 4.06. The van der Waals surface area contributed by atoms with Crippen LogP contribution < -0.4 is 10.2 Å². The molecule has 7 nitrogen and oxygen atoms in total. The molecule has 2 aromatic rings. The van der Waals surface area contributed by atoms with Crippen LogP contribution in [-0.2, 0) is 9.59 Å². The van der Waals surface area contributed by atoms with Gasteiger partial charge >= 0.3 is 6.01 Å². The molecule has 2 heterocycles. The molecule has 0 bridgehead atoms. The zero-order valence-electron chi connectivity index (χ0n) is 13.9. The number of aromatic nitrogens is 2. The van der Waals surface area contributed by atoms with Gasteiger partial charge in [0, 0.05) is 30.1 Å². The van der Waals surface area contributed by atoms with E-state index in [9.17, 15) is 9.59 Å². The number of halogens is 1. The standard InChI is InChI=1S/C17H19ClN4O3/c1-2-3-4-14(23)19-17-21-20-16(25-17)11-9-15(24)22(10-11)13-7-5-12(18)6-8-13/h5-8,11H,2-4,9-10H2,1H3,(H,19,21,23)/t11-/m0/s1. The minimum absolute atomic E-state index is 0.0148. The minimum atomic E-state index is -0.197. The number of unbranched alkanes of at least 4 members (excludes halogenated alkanes) is 1. The molecule has 1 aromatic heterocycles. The highest BCUT2D eigenvalue weighted by Crippen LogP contribution is 2.32. The van der Waals surface area contributed by atoms with E-state index < -0.39 is 0 Å². The van der Waals surface area contributed by atoms with Crippen LogP contribution in [0.3, 0.4) is 0 Å². The van der Waals surface area contributed by atoms with Gasteiger partial charge < -0.3 is 9.32 Å². The van der Waals surface area contributed by atoms with Crippen molar-refractivity contribution < 1.29 is 14.0 Å². The van der Waals surface area contributed by atoms with Crippen molar-refractivity contribution in [2.24, 2.45) is 0 Å². The van der Waals surface area contributed by atoms with Crippen molar-refractivity contribution in [2.75, 3.05) is 16.8 Å². The maximum Gasteiger partial charge on any atom is 0.322 e. The Bertz CT molecular complexity index is 760. The molecule has 0 aliphatic carbocycles. The summed E-state index contributed by atoms with van der Waals surface area (Å²) in [5, 5.41) is 11.0. The van der Waals surface area contributed by atoms with E-state index in [1.54, 1.807) is 29.2 Å². The molecular weight excluding hydrogens is 344 g/mol. The second kappa shape index (κ2) is 7.65. The van der Waals surface area contributed by atoms with Crippen LogP contribution in [0.1, 0.15) is 44.4 Å². The lowest BCUT2D eigenvalue weighted by molar-refractivity contribution is -0.117. The van der Waals surface area contributed by atoms with Gasteiger partial charge in [0.15, 0.2) is 0 Å². The molecule has 1 aromatic carbocycles. The molecule has 1 aliphatic rings. The number of hydrogen-bond acceptors (Lipinski definition) is 5. The molecule has 1 N–H and O–H groups in total. The summed E-state index contributed by atoms with van der Waals surface area (Å²) >= 11 is 5.88. The Labute approximate surface area is 150 Å². The quantitative estimate of drug-likeness (QED) is 0.851. The number of rotatable bonds is 6. The first-order chi connectivity index (χ1) is 12.1. The summed E-state index contributed by atoms with van der Waals surface area (Å²) in [6.45, 7) is 2.47. The molecule has 2 amide bonds. The number of carbonyl (C=O) groups is 2. The van der Waals surface area contributed by atoms with E-state index in [-0.39, 0.29) is 30.2 Å². The van der Waals surface area contributed by atoms with Crippen molar-refractivity contribution in [3.05, 3.63) is 35.2 Å². The van der Waals surface area contributed by atoms with E-state index in [0.29, 0.717) is 23.9 Å². The molecule has 1 fully saturated rings. The number of carbonyl (C=O) groups excluding carboxylic acids is 2. The van der Waals surface area contributed by atoms with Crippen LogP contribution in [0.15, 0.2) is 28.7 Å². The van der Waals surface area contributed by atoms with E-state index >= 15 is 0 Å². The number of amides is 2. The second-order valence-corrected chi connectivity index (χ2v) is 6.42. The molecule has 132 valence electrons. The molecule has 1 aliphatic heterocycles. The second-order valence-electron chi connectivity index (χ2n) is 5.98. The van der Waals surface area contributed by atoms with Gasteiger partial charge in [-0.05, 0) is 30.7 Å². The van der Waals surface area contributed by atoms with Gasteiger partial charge in [0.25, 0.3) is 0 Å². The maximum atomic E-state index is 12.3. The summed E-state index contributed by atoms with van der Waals surface area (Å²) < 4.78 is 5.52. The summed E-state index contributed by atoms with van der Waals surface area (Å²) in [6.07, 6.45) is 2.45. The van der Waals surface area contributed by atoms with E-state index in [1.165, 1.54) is 0 Å². The van der Waals surface area contributed by atoms with Crippen LogP contribution in [-0.4, -0.2) is 28.6 Å². The fourth-order valence-corrected chi connectivity index (χ4v) is 2.84. The molecule has 0 radical (unpaired) electrons. The summed E-state index contributed by atoms with van der Waals surface area (Å²) in [5.41, 5.74) is 0.782. The van der Waals surface area contributed by atoms with Gasteiger partial charge in [-0.2, -0.15) is 0 Å². The summed E-state index contributed by atoms with van der Waals surface area (Å²) in [6, 6.07) is 7.17. The fraction of sp³-hybridized carbons (Fsp3) is 0.412. The van der Waals surface area contributed by atoms with Crippen LogP contribution in [0.4, 0.5) is 11.7 Å². The highest BCUT2D eigenvalue weighted by molar-refractivity contribution is 6.30. The van der Waals surface area contributed by atoms with Crippen molar-refractivity contribution in [1.29, 1.82) is 0 Å². The van der Waals surface area contributed by atoms with Crippen molar-refractivity contribution >= 4 is 35.1 Å². The minimum Gasteiger partial charge on any atom is -0.407 e. The van der Waals surface area contributed by atoms with Gasteiger partial charge in [0.1, 0.15) is 0 Å². The van der Waals surface area contributed by atoms with Crippen molar-refractivity contribution in [3.8, 4) is 0 Å². The first-order valence-corrected chi connectivity index (χ1v) is 8.63. The Balaban J connectivity index is 1.64. The van der Waals surface area contributed by atoms with Crippen molar-refractivity contribution in [1.82, 2.24) is 10.2 Å². The van der Waals surface area contributed by atoms with E-state index in [2.05, 4.69) is 15.5 Å². The SMILES string of the molecule is CCCCC(=O)Nc1nnc([C@H]2CC(=O)N(c3ccc(Cl)cc3)C2)o1. The lowest BCUT2D eigenvalue weighted by Crippen LogP contribution is -2.24. The number of nitrogens with one attached hydrogen (secondary N) is 1. The topological polar surface area (TPSA) is 88.3 Å². The van der Waals surface area contributed by atoms with Crippen LogP contribution in [0, 0.1) is 0 Å². The molecular formula is C17H19ClN4O3. The van der Waals surface area contributed by atoms with Gasteiger partial charge in [0.2, 0.25) is 17.7 Å². The van der Waals surface area contributed by atoms with E-state index in [4.69, 9.17) is 16.0 Å². The van der Waals surface area contributed by atoms with E-state index in [1.807, 2.05) is 6.92 Å². The molecule has 8 heteroatoms. The van der Waals surface area contributed by atoms with Crippen molar-refractivity contribution in [2.45, 2.75) is 38.5 Å². The van der Waals surface area contributed by atoms with Gasteiger partial charge in [-0.15, -0.1) is 5.10 Å². The average Bonchev–Trinajstić information content (AvgIpc) is 3.20. The first-order valence-electron chi connectivity index (χ1n) is 8.26. The Morgan fingerprint density at radius 3 is 2.84 bits per heavy atom. The maximum absolute atomic E-state index is 12.3. The molecule has 1 saturated heterocycles. The zero-order valence-corrected chi connectivity index (χ0v) is 14.6. The smallest absolute Gasteiger partial charge is 0.322 e. The van der Waals surface area contributed by atoms with Crippen LogP contribution in [0.5, 0.6) is 0 Å². The third-order valence-corrected chi connectivity index (χ3v) is 4.31. The summed E-state index contributed by atoms with van der Waals surface area (Å²) in [7, 11) is 0. The van der Waals surface area contributed by atoms with Gasteiger partial charge in [-0.3, -0.25) is 14.9 Å². The lowest BCUT2D eigenvalue weighted by Gasteiger charge is -2.15. The number of hydrogen-bond donors (Lipinski definition) is 1. The largest absolute Gasteiger partial charge is 0.407 e. The van der Waals surface area contributed by atoms with Gasteiger partial charge in [-0.25, -0.2) is 0 Å². The normalized spacial score (nSPS) is 17.1. The number of benzene rings is 1.